The number of hydrazine groups is 1. The lowest BCUT2D eigenvalue weighted by Gasteiger charge is -2.30. The number of primary amides is 1. The normalized spacial score (nSPS) is 13.6. The summed E-state index contributed by atoms with van der Waals surface area (Å²) in [6.07, 6.45) is 1.32. The minimum Gasteiger partial charge on any atom is -0.481 e. The fourth-order valence-corrected chi connectivity index (χ4v) is 3.83. The molecule has 0 bridgehead atoms. The third-order valence-corrected chi connectivity index (χ3v) is 5.77. The first-order chi connectivity index (χ1) is 16.7. The van der Waals surface area contributed by atoms with Gasteiger partial charge in [0, 0.05) is 48.7 Å². The highest BCUT2D eigenvalue weighted by molar-refractivity contribution is 5.99. The molecule has 0 radical (unpaired) electrons. The number of pyridine rings is 2. The maximum atomic E-state index is 13.1. The average molecular weight is 483 g/mol. The molecule has 0 unspecified atom stereocenters. The van der Waals surface area contributed by atoms with E-state index in [1.807, 2.05) is 19.9 Å². The van der Waals surface area contributed by atoms with Gasteiger partial charge < -0.3 is 20.5 Å². The van der Waals surface area contributed by atoms with Crippen molar-refractivity contribution in [3.8, 4) is 11.8 Å². The molecule has 1 aliphatic rings. The molecule has 0 saturated carbocycles. The number of methoxy groups -OCH3 is 1. The molecule has 2 aromatic rings. The van der Waals surface area contributed by atoms with Crippen molar-refractivity contribution in [3.05, 3.63) is 57.9 Å². The second-order valence-corrected chi connectivity index (χ2v) is 8.19. The Hall–Kier alpha value is -3.99. The van der Waals surface area contributed by atoms with E-state index in [0.29, 0.717) is 36.7 Å². The summed E-state index contributed by atoms with van der Waals surface area (Å²) in [5.41, 5.74) is 12.5. The van der Waals surface area contributed by atoms with Gasteiger partial charge in [-0.15, -0.1) is 0 Å². The second-order valence-electron chi connectivity index (χ2n) is 8.19. The van der Waals surface area contributed by atoms with E-state index >= 15 is 0 Å². The highest BCUT2D eigenvalue weighted by Crippen LogP contribution is 2.22. The predicted octanol–water partition coefficient (Wildman–Crippen LogP) is 1.82. The Bertz CT molecular complexity index is 1140. The van der Waals surface area contributed by atoms with Crippen molar-refractivity contribution in [2.75, 3.05) is 13.7 Å². The van der Waals surface area contributed by atoms with Crippen LogP contribution in [0.25, 0.3) is 0 Å². The summed E-state index contributed by atoms with van der Waals surface area (Å²) in [5, 5.41) is 4.38. The van der Waals surface area contributed by atoms with Gasteiger partial charge in [-0.1, -0.05) is 11.6 Å². The second kappa shape index (κ2) is 11.4. The molecule has 35 heavy (non-hydrogen) atoms. The van der Waals surface area contributed by atoms with Crippen molar-refractivity contribution in [2.24, 2.45) is 5.73 Å². The fourth-order valence-electron chi connectivity index (χ4n) is 3.83. The molecular weight excluding hydrogens is 452 g/mol. The van der Waals surface area contributed by atoms with Gasteiger partial charge in [-0.05, 0) is 44.4 Å². The average Bonchev–Trinajstić information content (AvgIpc) is 2.80. The van der Waals surface area contributed by atoms with Crippen LogP contribution in [-0.2, 0) is 22.7 Å². The molecule has 3 amide bonds. The van der Waals surface area contributed by atoms with Crippen LogP contribution in [0.4, 0.5) is 4.79 Å². The molecule has 0 aliphatic carbocycles. The lowest BCUT2D eigenvalue weighted by Crippen LogP contribution is -2.47. The van der Waals surface area contributed by atoms with Gasteiger partial charge in [-0.2, -0.15) is 0 Å². The summed E-state index contributed by atoms with van der Waals surface area (Å²) in [5.74, 6) is 0.0891. The van der Waals surface area contributed by atoms with Crippen molar-refractivity contribution in [3.63, 3.8) is 0 Å². The molecule has 0 fully saturated rings. The quantitative estimate of drug-likeness (QED) is 0.490. The van der Waals surface area contributed by atoms with E-state index in [-0.39, 0.29) is 30.7 Å². The van der Waals surface area contributed by atoms with Crippen molar-refractivity contribution < 1.29 is 23.9 Å². The van der Waals surface area contributed by atoms with Crippen molar-refractivity contribution in [1.82, 2.24) is 25.7 Å². The van der Waals surface area contributed by atoms with E-state index in [9.17, 15) is 14.4 Å². The van der Waals surface area contributed by atoms with E-state index in [2.05, 4.69) is 20.7 Å². The summed E-state index contributed by atoms with van der Waals surface area (Å²) < 4.78 is 10.1. The van der Waals surface area contributed by atoms with Crippen LogP contribution in [0.15, 0.2) is 35.5 Å². The Morgan fingerprint density at radius 1 is 1.23 bits per heavy atom. The minimum atomic E-state index is -0.943. The number of nitrogens with one attached hydrogen (secondary N) is 2. The molecule has 0 spiro atoms. The van der Waals surface area contributed by atoms with Gasteiger partial charge in [0.05, 0.1) is 13.5 Å². The van der Waals surface area contributed by atoms with Crippen molar-refractivity contribution in [2.45, 2.75) is 46.7 Å². The summed E-state index contributed by atoms with van der Waals surface area (Å²) in [6.45, 7) is 6.54. The molecule has 0 aromatic carbocycles. The maximum Gasteiger partial charge on any atom is 0.411 e. The predicted molar refractivity (Wildman–Crippen MR) is 127 cm³/mol. The molecule has 1 aliphatic heterocycles. The van der Waals surface area contributed by atoms with Crippen molar-refractivity contribution >= 4 is 17.9 Å². The number of aromatic nitrogens is 2. The Balaban J connectivity index is 1.60. The van der Waals surface area contributed by atoms with Crippen LogP contribution in [0.3, 0.4) is 0 Å². The van der Waals surface area contributed by atoms with Gasteiger partial charge in [-0.3, -0.25) is 14.6 Å². The number of amides is 3. The van der Waals surface area contributed by atoms with Crippen LogP contribution in [0, 0.1) is 13.8 Å². The topological polar surface area (TPSA) is 149 Å². The largest absolute Gasteiger partial charge is 0.481 e. The van der Waals surface area contributed by atoms with Crippen LogP contribution >= 0.6 is 0 Å². The Kier molecular flexibility index (Phi) is 8.37. The molecule has 11 heteroatoms. The number of nitrogens with two attached hydrogens (primary N) is 1. The van der Waals surface area contributed by atoms with Gasteiger partial charge in [0.1, 0.15) is 0 Å². The zero-order chi connectivity index (χ0) is 25.5. The zero-order valence-corrected chi connectivity index (χ0v) is 20.3. The van der Waals surface area contributed by atoms with Crippen LogP contribution in [0.1, 0.15) is 42.1 Å². The number of ether oxygens (including phenoxy) is 2. The van der Waals surface area contributed by atoms with Crippen LogP contribution < -0.4 is 25.9 Å². The van der Waals surface area contributed by atoms with Gasteiger partial charge in [-0.25, -0.2) is 20.2 Å². The highest BCUT2D eigenvalue weighted by atomic mass is 16.6. The third-order valence-electron chi connectivity index (χ3n) is 5.77. The summed E-state index contributed by atoms with van der Waals surface area (Å²) in [6, 6.07) is 5.25. The van der Waals surface area contributed by atoms with E-state index in [1.54, 1.807) is 32.4 Å². The molecule has 3 heterocycles. The monoisotopic (exact) mass is 482 g/mol. The van der Waals surface area contributed by atoms with E-state index in [4.69, 9.17) is 15.2 Å². The number of aryl methyl sites for hydroxylation is 2. The lowest BCUT2D eigenvalue weighted by molar-refractivity contribution is -0.133. The molecular formula is C24H30N6O5. The van der Waals surface area contributed by atoms with E-state index in [0.717, 1.165) is 22.3 Å². The maximum absolute atomic E-state index is 13.1. The third kappa shape index (κ3) is 6.54. The molecule has 0 saturated heterocycles. The smallest absolute Gasteiger partial charge is 0.411 e. The van der Waals surface area contributed by atoms with Crippen LogP contribution in [0.5, 0.6) is 11.8 Å². The first-order valence-corrected chi connectivity index (χ1v) is 11.1. The SMILES string of the molecule is COc1ncccc1CNN1CCC(C)=C(CC(=O)NCc2c(C)cc(OC(N)=O)nc2C)C1=O. The first kappa shape index (κ1) is 25.6. The van der Waals surface area contributed by atoms with E-state index in [1.165, 1.54) is 5.01 Å². The summed E-state index contributed by atoms with van der Waals surface area (Å²) in [7, 11) is 1.54. The lowest BCUT2D eigenvalue weighted by atomic mass is 9.98. The highest BCUT2D eigenvalue weighted by Gasteiger charge is 2.27. The van der Waals surface area contributed by atoms with Crippen molar-refractivity contribution in [1.29, 1.82) is 0 Å². The molecule has 2 aromatic heterocycles. The number of hydrogen-bond acceptors (Lipinski definition) is 8. The molecule has 11 nitrogen and oxygen atoms in total. The Morgan fingerprint density at radius 2 is 2.00 bits per heavy atom. The molecule has 0 atom stereocenters. The van der Waals surface area contributed by atoms with Gasteiger partial charge >= 0.3 is 6.09 Å². The molecule has 3 rings (SSSR count). The van der Waals surface area contributed by atoms with E-state index < -0.39 is 6.09 Å². The number of carbonyl (C=O) groups is 3. The Labute approximate surface area is 203 Å². The number of carbonyl (C=O) groups excluding carboxylic acids is 3. The fraction of sp³-hybridized carbons (Fsp3) is 0.375. The Morgan fingerprint density at radius 3 is 2.69 bits per heavy atom. The number of hydrogen-bond donors (Lipinski definition) is 3. The standard InChI is InChI=1S/C24H30N6O5/c1-14-7-9-30(28-12-17-6-5-8-26-22(17)34-4)23(32)18(14)11-20(31)27-13-19-15(2)10-21(29-16(19)3)35-24(25)33/h5-6,8,10,28H,7,9,11-13H2,1-4H3,(H2,25,33)(H,27,31). The molecule has 186 valence electrons. The van der Waals surface area contributed by atoms with Crippen LogP contribution in [0.2, 0.25) is 0 Å². The minimum absolute atomic E-state index is 0.0343. The van der Waals surface area contributed by atoms with Gasteiger partial charge in [0.25, 0.3) is 5.91 Å². The summed E-state index contributed by atoms with van der Waals surface area (Å²) in [4.78, 5) is 45.1. The first-order valence-electron chi connectivity index (χ1n) is 11.1. The summed E-state index contributed by atoms with van der Waals surface area (Å²) >= 11 is 0. The van der Waals surface area contributed by atoms with Crippen LogP contribution in [-0.4, -0.2) is 46.5 Å². The van der Waals surface area contributed by atoms with Gasteiger partial charge in [0.2, 0.25) is 17.7 Å². The number of rotatable bonds is 9. The van der Waals surface area contributed by atoms with Gasteiger partial charge in [0.15, 0.2) is 0 Å². The zero-order valence-electron chi connectivity index (χ0n) is 20.3. The number of nitrogens with zero attached hydrogens (tertiary/aromatic N) is 3. The molecule has 4 N–H and O–H groups in total.